The van der Waals surface area contributed by atoms with Crippen molar-refractivity contribution in [2.45, 2.75) is 43.9 Å². The average Bonchev–Trinajstić information content (AvgIpc) is 3.30. The molecule has 4 rings (SSSR count). The smallest absolute Gasteiger partial charge is 0.226 e. The van der Waals surface area contributed by atoms with Gasteiger partial charge in [0, 0.05) is 24.4 Å². The predicted octanol–water partition coefficient (Wildman–Crippen LogP) is 2.74. The second-order valence-electron chi connectivity index (χ2n) is 7.75. The van der Waals surface area contributed by atoms with E-state index in [4.69, 9.17) is 0 Å². The first kappa shape index (κ1) is 15.2. The van der Waals surface area contributed by atoms with Gasteiger partial charge in [-0.05, 0) is 69.2 Å². The maximum atomic E-state index is 13.0. The van der Waals surface area contributed by atoms with Crippen molar-refractivity contribution in [2.24, 2.45) is 11.8 Å². The number of carbonyl (C=O) groups excluding carboxylic acids is 1. The van der Waals surface area contributed by atoms with Gasteiger partial charge >= 0.3 is 0 Å². The lowest BCUT2D eigenvalue weighted by Gasteiger charge is -2.33. The molecule has 1 saturated heterocycles. The summed E-state index contributed by atoms with van der Waals surface area (Å²) in [5.41, 5.74) is 3.16. The van der Waals surface area contributed by atoms with E-state index in [1.54, 1.807) is 0 Å². The van der Waals surface area contributed by atoms with Crippen molar-refractivity contribution in [3.05, 3.63) is 35.4 Å². The highest BCUT2D eigenvalue weighted by molar-refractivity contribution is 5.85. The molecule has 1 spiro atoms. The summed E-state index contributed by atoms with van der Waals surface area (Å²) in [5.74, 6) is 1.43. The van der Waals surface area contributed by atoms with E-state index in [1.807, 2.05) is 7.05 Å². The van der Waals surface area contributed by atoms with Crippen molar-refractivity contribution < 1.29 is 4.79 Å². The number of nitrogens with zero attached hydrogens (tertiary/aromatic N) is 1. The molecule has 3 nitrogen and oxygen atoms in total. The van der Waals surface area contributed by atoms with Gasteiger partial charge in [-0.1, -0.05) is 24.3 Å². The maximum absolute atomic E-state index is 13.0. The number of amides is 1. The van der Waals surface area contributed by atoms with Crippen LogP contribution in [0.4, 0.5) is 0 Å². The molecule has 2 aliphatic carbocycles. The Balaban J connectivity index is 1.45. The second-order valence-corrected chi connectivity index (χ2v) is 7.75. The van der Waals surface area contributed by atoms with E-state index in [1.165, 1.54) is 30.4 Å². The maximum Gasteiger partial charge on any atom is 0.226 e. The highest BCUT2D eigenvalue weighted by Crippen LogP contribution is 2.60. The molecule has 1 N–H and O–H groups in total. The molecule has 124 valence electrons. The number of benzene rings is 1. The van der Waals surface area contributed by atoms with Crippen LogP contribution in [-0.2, 0) is 16.6 Å². The molecule has 1 aromatic rings. The highest BCUT2D eigenvalue weighted by Gasteiger charge is 2.60. The zero-order valence-corrected chi connectivity index (χ0v) is 14.2. The number of nitrogens with one attached hydrogen (secondary N) is 1. The topological polar surface area (TPSA) is 32.3 Å². The molecule has 1 aromatic carbocycles. The number of hydrogen-bond acceptors (Lipinski definition) is 2. The fraction of sp³-hybridized carbons (Fsp3) is 0.650. The average molecular weight is 312 g/mol. The number of aryl methyl sites for hydroxylation is 1. The molecule has 1 aliphatic heterocycles. The minimum atomic E-state index is 0.188. The molecule has 3 heteroatoms. The Morgan fingerprint density at radius 3 is 2.87 bits per heavy atom. The normalized spacial score (nSPS) is 30.3. The first-order chi connectivity index (χ1) is 11.2. The number of fused-ring (bicyclic) bond motifs is 2. The van der Waals surface area contributed by atoms with Gasteiger partial charge in [-0.25, -0.2) is 0 Å². The molecule has 2 unspecified atom stereocenters. The minimum Gasteiger partial charge on any atom is -0.342 e. The molecule has 2 fully saturated rings. The zero-order valence-electron chi connectivity index (χ0n) is 14.2. The van der Waals surface area contributed by atoms with Gasteiger partial charge in [0.05, 0.1) is 0 Å². The van der Waals surface area contributed by atoms with Crippen LogP contribution >= 0.6 is 0 Å². The van der Waals surface area contributed by atoms with Gasteiger partial charge in [0.1, 0.15) is 0 Å². The summed E-state index contributed by atoms with van der Waals surface area (Å²) in [7, 11) is 2.02. The second kappa shape index (κ2) is 5.94. The first-order valence-corrected chi connectivity index (χ1v) is 9.26. The van der Waals surface area contributed by atoms with Crippen LogP contribution in [0.25, 0.3) is 0 Å². The van der Waals surface area contributed by atoms with E-state index in [0.29, 0.717) is 5.91 Å². The molecule has 1 heterocycles. The third-order valence-corrected chi connectivity index (χ3v) is 6.42. The van der Waals surface area contributed by atoms with E-state index >= 15 is 0 Å². The Hall–Kier alpha value is -1.35. The largest absolute Gasteiger partial charge is 0.342 e. The van der Waals surface area contributed by atoms with Gasteiger partial charge < -0.3 is 10.2 Å². The monoisotopic (exact) mass is 312 g/mol. The molecular formula is C20H28N2O. The Bertz CT molecular complexity index is 591. The van der Waals surface area contributed by atoms with Crippen molar-refractivity contribution in [3.63, 3.8) is 0 Å². The van der Waals surface area contributed by atoms with Crippen LogP contribution in [0.3, 0.4) is 0 Å². The lowest BCUT2D eigenvalue weighted by Crippen LogP contribution is -2.42. The van der Waals surface area contributed by atoms with Gasteiger partial charge in [0.15, 0.2) is 0 Å². The predicted molar refractivity (Wildman–Crippen MR) is 92.4 cm³/mol. The first-order valence-electron chi connectivity index (χ1n) is 9.26. The summed E-state index contributed by atoms with van der Waals surface area (Å²) in [4.78, 5) is 15.2. The van der Waals surface area contributed by atoms with E-state index in [9.17, 15) is 4.79 Å². The highest BCUT2D eigenvalue weighted by atomic mass is 16.2. The number of piperidine rings is 1. The van der Waals surface area contributed by atoms with Crippen molar-refractivity contribution in [3.8, 4) is 0 Å². The SMILES string of the molecule is CNCC1CCN(C(=O)C2CC23CCCc2ccccc23)CC1. The zero-order chi connectivity index (χ0) is 15.9. The van der Waals surface area contributed by atoms with E-state index in [2.05, 4.69) is 34.5 Å². The van der Waals surface area contributed by atoms with Crippen LogP contribution in [0, 0.1) is 11.8 Å². The van der Waals surface area contributed by atoms with Crippen LogP contribution in [-0.4, -0.2) is 37.5 Å². The fourth-order valence-electron chi connectivity index (χ4n) is 5.02. The Kier molecular flexibility index (Phi) is 3.92. The van der Waals surface area contributed by atoms with Crippen LogP contribution in [0.2, 0.25) is 0 Å². The van der Waals surface area contributed by atoms with E-state index < -0.39 is 0 Å². The van der Waals surface area contributed by atoms with Gasteiger partial charge in [0.2, 0.25) is 5.91 Å². The van der Waals surface area contributed by atoms with Crippen molar-refractivity contribution in [1.82, 2.24) is 10.2 Å². The number of hydrogen-bond donors (Lipinski definition) is 1. The standard InChI is InChI=1S/C20H28N2O/c1-21-14-15-8-11-22(12-9-15)19(23)18-13-20(18)10-4-6-16-5-2-3-7-17(16)20/h2-3,5,7,15,18,21H,4,6,8-14H2,1H3. The molecule has 1 amide bonds. The lowest BCUT2D eigenvalue weighted by atomic mass is 9.78. The van der Waals surface area contributed by atoms with Gasteiger partial charge in [0.25, 0.3) is 0 Å². The minimum absolute atomic E-state index is 0.188. The molecular weight excluding hydrogens is 284 g/mol. The lowest BCUT2D eigenvalue weighted by molar-refractivity contribution is -0.134. The van der Waals surface area contributed by atoms with Gasteiger partial charge in [-0.2, -0.15) is 0 Å². The number of rotatable bonds is 3. The molecule has 0 bridgehead atoms. The third-order valence-electron chi connectivity index (χ3n) is 6.42. The molecule has 0 radical (unpaired) electrons. The summed E-state index contributed by atoms with van der Waals surface area (Å²) < 4.78 is 0. The Morgan fingerprint density at radius 1 is 1.30 bits per heavy atom. The quantitative estimate of drug-likeness (QED) is 0.931. The molecule has 1 saturated carbocycles. The molecule has 2 atom stereocenters. The van der Waals surface area contributed by atoms with Gasteiger partial charge in [-0.3, -0.25) is 4.79 Å². The van der Waals surface area contributed by atoms with E-state index in [-0.39, 0.29) is 11.3 Å². The summed E-state index contributed by atoms with van der Waals surface area (Å²) in [5, 5.41) is 3.27. The molecule has 23 heavy (non-hydrogen) atoms. The van der Waals surface area contributed by atoms with Crippen molar-refractivity contribution in [2.75, 3.05) is 26.7 Å². The summed E-state index contributed by atoms with van der Waals surface area (Å²) in [6.07, 6.45) is 7.03. The molecule has 3 aliphatic rings. The number of carbonyl (C=O) groups is 1. The van der Waals surface area contributed by atoms with Crippen LogP contribution in [0.1, 0.15) is 43.2 Å². The third kappa shape index (κ3) is 2.59. The van der Waals surface area contributed by atoms with Crippen LogP contribution < -0.4 is 5.32 Å². The van der Waals surface area contributed by atoms with Crippen molar-refractivity contribution in [1.29, 1.82) is 0 Å². The van der Waals surface area contributed by atoms with Crippen LogP contribution in [0.5, 0.6) is 0 Å². The van der Waals surface area contributed by atoms with Crippen molar-refractivity contribution >= 4 is 5.91 Å². The van der Waals surface area contributed by atoms with Crippen LogP contribution in [0.15, 0.2) is 24.3 Å². The Labute approximate surface area is 139 Å². The Morgan fingerprint density at radius 2 is 2.09 bits per heavy atom. The molecule has 0 aromatic heterocycles. The van der Waals surface area contributed by atoms with Gasteiger partial charge in [-0.15, -0.1) is 0 Å². The van der Waals surface area contributed by atoms with E-state index in [0.717, 1.165) is 44.8 Å². The summed E-state index contributed by atoms with van der Waals surface area (Å²) in [6, 6.07) is 8.83. The summed E-state index contributed by atoms with van der Waals surface area (Å²) in [6.45, 7) is 3.00. The number of likely N-dealkylation sites (tertiary alicyclic amines) is 1. The summed E-state index contributed by atoms with van der Waals surface area (Å²) >= 11 is 0. The fourth-order valence-corrected chi connectivity index (χ4v) is 5.02.